The minimum Gasteiger partial charge on any atom is -0.355 e. The van der Waals surface area contributed by atoms with Crippen LogP contribution in [0.1, 0.15) is 23.7 Å². The third kappa shape index (κ3) is 3.14. The van der Waals surface area contributed by atoms with E-state index >= 15 is 0 Å². The second-order valence-electron chi connectivity index (χ2n) is 3.35. The summed E-state index contributed by atoms with van der Waals surface area (Å²) in [4.78, 5) is 23.2. The largest absolute Gasteiger partial charge is 0.355 e. The maximum absolute atomic E-state index is 11.7. The minimum atomic E-state index is -0.242. The van der Waals surface area contributed by atoms with Crippen molar-refractivity contribution in [1.82, 2.24) is 5.32 Å². The SMILES string of the molecule is C=C/C=c1/sc(=O)cc(C(=O)NC)/c1=C/CC. The standard InChI is InChI=1S/C13H15NO2S/c1-4-6-9-10(13(16)14-3)8-12(15)17-11(9)7-5-2/h5-8H,2,4H2,1,3H3,(H,14,16)/b9-6-,11-7+. The summed E-state index contributed by atoms with van der Waals surface area (Å²) in [5.74, 6) is -0.242. The van der Waals surface area contributed by atoms with Crippen molar-refractivity contribution >= 4 is 29.4 Å². The molecule has 0 saturated carbocycles. The molecule has 0 unspecified atom stereocenters. The Labute approximate surface area is 104 Å². The van der Waals surface area contributed by atoms with Gasteiger partial charge >= 0.3 is 0 Å². The molecule has 1 heterocycles. The Bertz CT molecular complexity index is 599. The highest BCUT2D eigenvalue weighted by Crippen LogP contribution is 1.89. The number of carbonyl (C=O) groups excluding carboxylic acids is 1. The van der Waals surface area contributed by atoms with E-state index in [-0.39, 0.29) is 10.6 Å². The van der Waals surface area contributed by atoms with Gasteiger partial charge < -0.3 is 5.32 Å². The smallest absolute Gasteiger partial charge is 0.251 e. The normalized spacial score (nSPS) is 12.6. The van der Waals surface area contributed by atoms with Gasteiger partial charge in [0, 0.05) is 22.9 Å². The first kappa shape index (κ1) is 13.4. The predicted molar refractivity (Wildman–Crippen MR) is 72.6 cm³/mol. The lowest BCUT2D eigenvalue weighted by Crippen LogP contribution is -2.35. The molecule has 3 nitrogen and oxygen atoms in total. The Morgan fingerprint density at radius 2 is 2.29 bits per heavy atom. The van der Waals surface area contributed by atoms with Crippen LogP contribution >= 0.6 is 11.3 Å². The summed E-state index contributed by atoms with van der Waals surface area (Å²) in [6, 6.07) is 1.38. The van der Waals surface area contributed by atoms with Gasteiger partial charge in [-0.1, -0.05) is 37.0 Å². The summed E-state index contributed by atoms with van der Waals surface area (Å²) >= 11 is 1.12. The minimum absolute atomic E-state index is 0.134. The zero-order chi connectivity index (χ0) is 12.8. The van der Waals surface area contributed by atoms with E-state index in [1.165, 1.54) is 6.07 Å². The van der Waals surface area contributed by atoms with E-state index in [9.17, 15) is 9.59 Å². The molecule has 0 bridgehead atoms. The molecule has 0 spiro atoms. The van der Waals surface area contributed by atoms with Crippen LogP contribution in [0.4, 0.5) is 0 Å². The first-order chi connectivity index (χ1) is 8.13. The lowest BCUT2D eigenvalue weighted by molar-refractivity contribution is 0.0962. The molecule has 4 heteroatoms. The van der Waals surface area contributed by atoms with Crippen molar-refractivity contribution in [3.8, 4) is 0 Å². The molecule has 90 valence electrons. The monoisotopic (exact) mass is 249 g/mol. The molecule has 1 amide bonds. The first-order valence-electron chi connectivity index (χ1n) is 5.33. The molecular weight excluding hydrogens is 234 g/mol. The van der Waals surface area contributed by atoms with E-state index in [0.717, 1.165) is 27.5 Å². The molecule has 0 fully saturated rings. The van der Waals surface area contributed by atoms with Gasteiger partial charge in [-0.25, -0.2) is 0 Å². The quantitative estimate of drug-likeness (QED) is 0.854. The van der Waals surface area contributed by atoms with Crippen molar-refractivity contribution in [2.75, 3.05) is 7.05 Å². The summed E-state index contributed by atoms with van der Waals surface area (Å²) in [6.07, 6.45) is 6.11. The zero-order valence-electron chi connectivity index (χ0n) is 9.95. The van der Waals surface area contributed by atoms with Gasteiger partial charge in [0.2, 0.25) is 4.74 Å². The van der Waals surface area contributed by atoms with E-state index in [1.54, 1.807) is 19.2 Å². The molecule has 0 aliphatic heterocycles. The maximum Gasteiger partial charge on any atom is 0.251 e. The highest BCUT2D eigenvalue weighted by molar-refractivity contribution is 7.07. The van der Waals surface area contributed by atoms with Crippen LogP contribution in [0.3, 0.4) is 0 Å². The van der Waals surface area contributed by atoms with Crippen LogP contribution in [0.15, 0.2) is 23.5 Å². The fraction of sp³-hybridized carbons (Fsp3) is 0.231. The fourth-order valence-electron chi connectivity index (χ4n) is 1.49. The first-order valence-corrected chi connectivity index (χ1v) is 6.14. The average molecular weight is 249 g/mol. The second kappa shape index (κ2) is 6.15. The van der Waals surface area contributed by atoms with Gasteiger partial charge in [-0.2, -0.15) is 0 Å². The van der Waals surface area contributed by atoms with E-state index < -0.39 is 0 Å². The van der Waals surface area contributed by atoms with Gasteiger partial charge in [0.15, 0.2) is 0 Å². The van der Waals surface area contributed by atoms with Crippen LogP contribution in [-0.4, -0.2) is 13.0 Å². The number of rotatable bonds is 3. The molecule has 0 atom stereocenters. The lowest BCUT2D eigenvalue weighted by atomic mass is 10.2. The van der Waals surface area contributed by atoms with Gasteiger partial charge in [0.25, 0.3) is 5.91 Å². The van der Waals surface area contributed by atoms with E-state index in [0.29, 0.717) is 5.56 Å². The third-order valence-corrected chi connectivity index (χ3v) is 3.07. The van der Waals surface area contributed by atoms with E-state index in [2.05, 4.69) is 11.9 Å². The number of hydrogen-bond donors (Lipinski definition) is 1. The van der Waals surface area contributed by atoms with Gasteiger partial charge in [-0.3, -0.25) is 9.59 Å². The molecule has 0 aliphatic carbocycles. The van der Waals surface area contributed by atoms with Crippen LogP contribution in [0.25, 0.3) is 12.2 Å². The van der Waals surface area contributed by atoms with Crippen molar-refractivity contribution in [2.24, 2.45) is 0 Å². The summed E-state index contributed by atoms with van der Waals surface area (Å²) in [5, 5.41) is 3.35. The molecule has 0 aliphatic rings. The number of amides is 1. The topological polar surface area (TPSA) is 46.2 Å². The van der Waals surface area contributed by atoms with Crippen LogP contribution < -0.4 is 19.8 Å². The predicted octanol–water partition coefficient (Wildman–Crippen LogP) is 0.625. The molecule has 0 radical (unpaired) electrons. The Morgan fingerprint density at radius 3 is 2.82 bits per heavy atom. The molecule has 17 heavy (non-hydrogen) atoms. The Kier molecular flexibility index (Phi) is 4.84. The van der Waals surface area contributed by atoms with Crippen molar-refractivity contribution in [1.29, 1.82) is 0 Å². The van der Waals surface area contributed by atoms with Crippen LogP contribution in [-0.2, 0) is 0 Å². The summed E-state index contributed by atoms with van der Waals surface area (Å²) < 4.78 is 0.637. The summed E-state index contributed by atoms with van der Waals surface area (Å²) in [5.41, 5.74) is 0.422. The van der Waals surface area contributed by atoms with E-state index in [4.69, 9.17) is 0 Å². The van der Waals surface area contributed by atoms with Crippen LogP contribution in [0.5, 0.6) is 0 Å². The summed E-state index contributed by atoms with van der Waals surface area (Å²) in [6.45, 7) is 5.60. The molecule has 1 rings (SSSR count). The number of hydrogen-bond acceptors (Lipinski definition) is 3. The molecule has 0 aromatic carbocycles. The highest BCUT2D eigenvalue weighted by Gasteiger charge is 2.07. The molecule has 1 aromatic heterocycles. The Hall–Kier alpha value is -1.68. The third-order valence-electron chi connectivity index (χ3n) is 2.18. The van der Waals surface area contributed by atoms with Crippen molar-refractivity contribution in [3.63, 3.8) is 0 Å². The lowest BCUT2D eigenvalue weighted by Gasteiger charge is -2.00. The maximum atomic E-state index is 11.7. The number of carbonyl (C=O) groups is 1. The highest BCUT2D eigenvalue weighted by atomic mass is 32.1. The van der Waals surface area contributed by atoms with Gasteiger partial charge in [0.05, 0.1) is 5.56 Å². The average Bonchev–Trinajstić information content (AvgIpc) is 2.31. The number of allylic oxidation sites excluding steroid dienone is 1. The van der Waals surface area contributed by atoms with Crippen molar-refractivity contribution < 1.29 is 4.79 Å². The van der Waals surface area contributed by atoms with Gasteiger partial charge in [-0.05, 0) is 12.5 Å². The molecule has 1 aromatic rings. The molecule has 1 N–H and O–H groups in total. The van der Waals surface area contributed by atoms with Crippen molar-refractivity contribution in [2.45, 2.75) is 13.3 Å². The van der Waals surface area contributed by atoms with E-state index in [1.807, 2.05) is 13.0 Å². The molecule has 0 saturated heterocycles. The Morgan fingerprint density at radius 1 is 1.59 bits per heavy atom. The fourth-order valence-corrected chi connectivity index (χ4v) is 2.35. The zero-order valence-corrected chi connectivity index (χ0v) is 10.8. The van der Waals surface area contributed by atoms with Gasteiger partial charge in [-0.15, -0.1) is 0 Å². The summed E-state index contributed by atoms with van der Waals surface area (Å²) in [7, 11) is 1.55. The van der Waals surface area contributed by atoms with Crippen molar-refractivity contribution in [3.05, 3.63) is 43.6 Å². The number of nitrogens with one attached hydrogen (secondary N) is 1. The van der Waals surface area contributed by atoms with Crippen LogP contribution in [0.2, 0.25) is 0 Å². The van der Waals surface area contributed by atoms with Crippen LogP contribution in [0, 0.1) is 0 Å². The second-order valence-corrected chi connectivity index (χ2v) is 4.40. The molecular formula is C13H15NO2S. The Balaban J connectivity index is 3.77. The van der Waals surface area contributed by atoms with Gasteiger partial charge in [0.1, 0.15) is 0 Å².